The van der Waals surface area contributed by atoms with Gasteiger partial charge in [-0.25, -0.2) is 0 Å². The minimum absolute atomic E-state index is 0.0717. The highest BCUT2D eigenvalue weighted by Crippen LogP contribution is 2.25. The smallest absolute Gasteiger partial charge is 0.237 e. The van der Waals surface area contributed by atoms with Crippen molar-refractivity contribution >= 4 is 16.8 Å². The lowest BCUT2D eigenvalue weighted by Crippen LogP contribution is -2.55. The predicted octanol–water partition coefficient (Wildman–Crippen LogP) is 2.12. The number of rotatable bonds is 4. The molecular formula is C22H29N5O. The van der Waals surface area contributed by atoms with Crippen molar-refractivity contribution in [2.75, 3.05) is 13.1 Å². The number of nitrogens with one attached hydrogen (secondary N) is 2. The van der Waals surface area contributed by atoms with Crippen molar-refractivity contribution in [3.63, 3.8) is 0 Å². The quantitative estimate of drug-likeness (QED) is 0.755. The molecule has 6 heteroatoms. The second-order valence-corrected chi connectivity index (χ2v) is 8.80. The number of aromatic nitrogens is 1. The number of amides is 1. The van der Waals surface area contributed by atoms with Gasteiger partial charge in [-0.3, -0.25) is 9.78 Å². The first-order chi connectivity index (χ1) is 13.3. The van der Waals surface area contributed by atoms with Gasteiger partial charge in [0.2, 0.25) is 5.91 Å². The molecule has 28 heavy (non-hydrogen) atoms. The van der Waals surface area contributed by atoms with Gasteiger partial charge in [-0.15, -0.1) is 0 Å². The Kier molecular flexibility index (Phi) is 5.97. The first-order valence-electron chi connectivity index (χ1n) is 9.83. The second-order valence-electron chi connectivity index (χ2n) is 8.80. The predicted molar refractivity (Wildman–Crippen MR) is 110 cm³/mol. The highest BCUT2D eigenvalue weighted by molar-refractivity contribution is 5.87. The second kappa shape index (κ2) is 8.26. The lowest BCUT2D eigenvalue weighted by molar-refractivity contribution is -0.125. The van der Waals surface area contributed by atoms with Gasteiger partial charge in [0.25, 0.3) is 0 Å². The van der Waals surface area contributed by atoms with Crippen LogP contribution in [0.3, 0.4) is 0 Å². The fraction of sp³-hybridized carbons (Fsp3) is 0.500. The molecule has 1 fully saturated rings. The van der Waals surface area contributed by atoms with Crippen LogP contribution in [0.2, 0.25) is 0 Å². The standard InChI is InChI=1S/C22H29N5O/c1-22(2,3)20(24)21(28)27-17-10-14(12-25-13-17)9-15-6-7-16(11-23)19-18(15)5-4-8-26-19/h4-8,14,17,20,25H,9-10,12-13,24H2,1-3H3,(H,27,28)/t14-,17+,20?/m0/s1. The molecule has 2 aromatic rings. The number of carbonyl (C=O) groups is 1. The van der Waals surface area contributed by atoms with E-state index in [1.54, 1.807) is 6.20 Å². The van der Waals surface area contributed by atoms with Gasteiger partial charge in [-0.05, 0) is 48.4 Å². The molecule has 0 aliphatic carbocycles. The maximum absolute atomic E-state index is 12.5. The number of benzene rings is 1. The summed E-state index contributed by atoms with van der Waals surface area (Å²) in [5.74, 6) is 0.300. The Hall–Kier alpha value is -2.49. The van der Waals surface area contributed by atoms with E-state index in [1.165, 1.54) is 5.56 Å². The van der Waals surface area contributed by atoms with Crippen LogP contribution in [0.1, 0.15) is 38.3 Å². The van der Waals surface area contributed by atoms with Crippen LogP contribution in [0.5, 0.6) is 0 Å². The number of piperidine rings is 1. The molecule has 3 rings (SSSR count). The van der Waals surface area contributed by atoms with Gasteiger partial charge in [0, 0.05) is 24.2 Å². The third-order valence-corrected chi connectivity index (χ3v) is 5.49. The Labute approximate surface area is 166 Å². The molecule has 0 radical (unpaired) electrons. The zero-order valence-corrected chi connectivity index (χ0v) is 16.8. The number of pyridine rings is 1. The molecule has 1 amide bonds. The zero-order chi connectivity index (χ0) is 20.3. The summed E-state index contributed by atoms with van der Waals surface area (Å²) in [6.45, 7) is 7.59. The Balaban J connectivity index is 1.70. The van der Waals surface area contributed by atoms with Gasteiger partial charge in [0.15, 0.2) is 0 Å². The van der Waals surface area contributed by atoms with Crippen LogP contribution in [0.4, 0.5) is 0 Å². The van der Waals surface area contributed by atoms with Crippen molar-refractivity contribution in [1.82, 2.24) is 15.6 Å². The fourth-order valence-corrected chi connectivity index (χ4v) is 3.79. The molecule has 1 saturated heterocycles. The molecule has 1 unspecified atom stereocenters. The fourth-order valence-electron chi connectivity index (χ4n) is 3.79. The van der Waals surface area contributed by atoms with Crippen molar-refractivity contribution in [1.29, 1.82) is 5.26 Å². The molecular weight excluding hydrogens is 350 g/mol. The lowest BCUT2D eigenvalue weighted by atomic mass is 9.85. The minimum atomic E-state index is -0.526. The maximum atomic E-state index is 12.5. The van der Waals surface area contributed by atoms with Gasteiger partial charge in [-0.1, -0.05) is 32.9 Å². The average Bonchev–Trinajstić information content (AvgIpc) is 2.67. The molecule has 3 atom stereocenters. The van der Waals surface area contributed by atoms with Crippen LogP contribution in [0, 0.1) is 22.7 Å². The Morgan fingerprint density at radius 1 is 1.39 bits per heavy atom. The van der Waals surface area contributed by atoms with E-state index in [9.17, 15) is 10.1 Å². The van der Waals surface area contributed by atoms with E-state index < -0.39 is 6.04 Å². The first-order valence-corrected chi connectivity index (χ1v) is 9.83. The van der Waals surface area contributed by atoms with Crippen molar-refractivity contribution in [2.45, 2.75) is 45.7 Å². The molecule has 2 heterocycles. The van der Waals surface area contributed by atoms with Crippen LogP contribution in [0.15, 0.2) is 30.5 Å². The third-order valence-electron chi connectivity index (χ3n) is 5.49. The summed E-state index contributed by atoms with van der Waals surface area (Å²) in [4.78, 5) is 16.9. The molecule has 148 valence electrons. The van der Waals surface area contributed by atoms with Crippen molar-refractivity contribution < 1.29 is 4.79 Å². The van der Waals surface area contributed by atoms with Crippen LogP contribution < -0.4 is 16.4 Å². The normalized spacial score (nSPS) is 21.1. The molecule has 4 N–H and O–H groups in total. The summed E-state index contributed by atoms with van der Waals surface area (Å²) in [6.07, 6.45) is 3.50. The number of nitriles is 1. The first kappa shape index (κ1) is 20.2. The van der Waals surface area contributed by atoms with Gasteiger partial charge in [0.05, 0.1) is 17.1 Å². The van der Waals surface area contributed by atoms with E-state index in [-0.39, 0.29) is 17.4 Å². The van der Waals surface area contributed by atoms with Gasteiger partial charge in [0.1, 0.15) is 6.07 Å². The summed E-state index contributed by atoms with van der Waals surface area (Å²) < 4.78 is 0. The molecule has 0 bridgehead atoms. The topological polar surface area (TPSA) is 104 Å². The summed E-state index contributed by atoms with van der Waals surface area (Å²) in [5.41, 5.74) is 8.37. The molecule has 0 spiro atoms. The summed E-state index contributed by atoms with van der Waals surface area (Å²) in [5, 5.41) is 16.9. The third kappa shape index (κ3) is 4.49. The van der Waals surface area contributed by atoms with Crippen LogP contribution in [-0.4, -0.2) is 36.1 Å². The van der Waals surface area contributed by atoms with Crippen LogP contribution in [0.25, 0.3) is 10.9 Å². The number of nitrogens with two attached hydrogens (primary N) is 1. The molecule has 0 saturated carbocycles. The number of carbonyl (C=O) groups excluding carboxylic acids is 1. The van der Waals surface area contributed by atoms with E-state index in [2.05, 4.69) is 21.7 Å². The Bertz CT molecular complexity index is 896. The van der Waals surface area contributed by atoms with E-state index in [0.717, 1.165) is 36.8 Å². The number of hydrogen-bond donors (Lipinski definition) is 3. The van der Waals surface area contributed by atoms with Crippen LogP contribution in [-0.2, 0) is 11.2 Å². The monoisotopic (exact) mass is 379 g/mol. The zero-order valence-electron chi connectivity index (χ0n) is 16.8. The SMILES string of the molecule is CC(C)(C)C(N)C(=O)N[C@H]1CNC[C@@H](Cc2ccc(C#N)c3ncccc23)C1. The highest BCUT2D eigenvalue weighted by Gasteiger charge is 2.30. The maximum Gasteiger partial charge on any atom is 0.237 e. The summed E-state index contributed by atoms with van der Waals surface area (Å²) in [7, 11) is 0. The van der Waals surface area contributed by atoms with Crippen LogP contribution >= 0.6 is 0 Å². The number of nitrogens with zero attached hydrogens (tertiary/aromatic N) is 2. The van der Waals surface area contributed by atoms with E-state index in [1.807, 2.05) is 45.0 Å². The average molecular weight is 380 g/mol. The van der Waals surface area contributed by atoms with E-state index in [4.69, 9.17) is 5.73 Å². The van der Waals surface area contributed by atoms with Crippen molar-refractivity contribution in [3.05, 3.63) is 41.6 Å². The molecule has 1 aromatic carbocycles. The van der Waals surface area contributed by atoms with E-state index >= 15 is 0 Å². The summed E-state index contributed by atoms with van der Waals surface area (Å²) in [6, 6.07) is 9.57. The number of fused-ring (bicyclic) bond motifs is 1. The Morgan fingerprint density at radius 2 is 2.18 bits per heavy atom. The van der Waals surface area contributed by atoms with Gasteiger partial charge >= 0.3 is 0 Å². The highest BCUT2D eigenvalue weighted by atomic mass is 16.2. The minimum Gasteiger partial charge on any atom is -0.351 e. The molecule has 6 nitrogen and oxygen atoms in total. The Morgan fingerprint density at radius 3 is 2.89 bits per heavy atom. The van der Waals surface area contributed by atoms with Gasteiger partial charge in [-0.2, -0.15) is 5.26 Å². The molecule has 1 aliphatic heterocycles. The molecule has 1 aliphatic rings. The van der Waals surface area contributed by atoms with Crippen molar-refractivity contribution in [3.8, 4) is 6.07 Å². The van der Waals surface area contributed by atoms with E-state index in [0.29, 0.717) is 11.5 Å². The van der Waals surface area contributed by atoms with Gasteiger partial charge < -0.3 is 16.4 Å². The lowest BCUT2D eigenvalue weighted by Gasteiger charge is -2.33. The number of hydrogen-bond acceptors (Lipinski definition) is 5. The molecule has 1 aromatic heterocycles. The largest absolute Gasteiger partial charge is 0.351 e. The van der Waals surface area contributed by atoms with Crippen molar-refractivity contribution in [2.24, 2.45) is 17.1 Å². The summed E-state index contributed by atoms with van der Waals surface area (Å²) >= 11 is 0.